The minimum atomic E-state index is -3.55. The van der Waals surface area contributed by atoms with Crippen LogP contribution in [0.1, 0.15) is 17.2 Å². The maximum absolute atomic E-state index is 12.6. The highest BCUT2D eigenvalue weighted by molar-refractivity contribution is 7.91. The highest BCUT2D eigenvalue weighted by Gasteiger charge is 2.28. The number of carbonyl (C=O) groups excluding carboxylic acids is 1. The zero-order valence-corrected chi connectivity index (χ0v) is 11.1. The van der Waals surface area contributed by atoms with Crippen molar-refractivity contribution in [3.63, 3.8) is 0 Å². The van der Waals surface area contributed by atoms with E-state index in [1.54, 1.807) is 54.6 Å². The van der Waals surface area contributed by atoms with Gasteiger partial charge in [0.25, 0.3) is 0 Å². The lowest BCUT2D eigenvalue weighted by Crippen LogP contribution is -2.14. The topological polar surface area (TPSA) is 51.2 Å². The molecule has 1 unspecified atom stereocenters. The van der Waals surface area contributed by atoms with E-state index < -0.39 is 15.1 Å². The summed E-state index contributed by atoms with van der Waals surface area (Å²) in [5.74, 6) is 0. The second kappa shape index (κ2) is 5.80. The summed E-state index contributed by atoms with van der Waals surface area (Å²) in [6.07, 6.45) is 0.611. The van der Waals surface area contributed by atoms with Gasteiger partial charge in [0.1, 0.15) is 6.29 Å². The molecule has 1 atom stereocenters. The van der Waals surface area contributed by atoms with Gasteiger partial charge >= 0.3 is 0 Å². The number of aldehydes is 1. The fraction of sp³-hybridized carbons (Fsp3) is 0.133. The third-order valence-electron chi connectivity index (χ3n) is 2.93. The number of hydrogen-bond acceptors (Lipinski definition) is 3. The molecule has 0 saturated heterocycles. The maximum atomic E-state index is 12.6. The molecule has 0 N–H and O–H groups in total. The van der Waals surface area contributed by atoms with Crippen LogP contribution in [0, 0.1) is 0 Å². The van der Waals surface area contributed by atoms with Crippen molar-refractivity contribution in [2.24, 2.45) is 0 Å². The molecular weight excluding hydrogens is 260 g/mol. The van der Waals surface area contributed by atoms with Crippen LogP contribution in [-0.4, -0.2) is 14.7 Å². The second-order valence-corrected chi connectivity index (χ2v) is 6.29. The first kappa shape index (κ1) is 13.5. The highest BCUT2D eigenvalue weighted by Crippen LogP contribution is 2.30. The average molecular weight is 274 g/mol. The third-order valence-corrected chi connectivity index (χ3v) is 5.07. The zero-order valence-electron chi connectivity index (χ0n) is 10.3. The van der Waals surface area contributed by atoms with E-state index in [0.717, 1.165) is 0 Å². The Kier molecular flexibility index (Phi) is 4.12. The molecule has 3 nitrogen and oxygen atoms in total. The van der Waals surface area contributed by atoms with Crippen molar-refractivity contribution >= 4 is 16.1 Å². The number of sulfone groups is 1. The van der Waals surface area contributed by atoms with Crippen molar-refractivity contribution in [1.29, 1.82) is 0 Å². The molecule has 2 aromatic rings. The van der Waals surface area contributed by atoms with E-state index in [1.807, 2.05) is 6.07 Å². The van der Waals surface area contributed by atoms with Crippen LogP contribution >= 0.6 is 0 Å². The minimum absolute atomic E-state index is 0.0404. The normalized spacial score (nSPS) is 12.8. The summed E-state index contributed by atoms with van der Waals surface area (Å²) >= 11 is 0. The first-order valence-electron chi connectivity index (χ1n) is 5.94. The van der Waals surface area contributed by atoms with Crippen LogP contribution in [0.25, 0.3) is 0 Å². The molecule has 0 amide bonds. The summed E-state index contributed by atoms with van der Waals surface area (Å²) in [5, 5.41) is -0.825. The molecule has 0 radical (unpaired) electrons. The molecule has 4 heteroatoms. The Bertz CT molecular complexity index is 634. The summed E-state index contributed by atoms with van der Waals surface area (Å²) < 4.78 is 25.1. The van der Waals surface area contributed by atoms with Crippen molar-refractivity contribution in [2.75, 3.05) is 0 Å². The van der Waals surface area contributed by atoms with Gasteiger partial charge < -0.3 is 4.79 Å². The molecule has 0 aliphatic carbocycles. The van der Waals surface area contributed by atoms with Crippen molar-refractivity contribution in [1.82, 2.24) is 0 Å². The summed E-state index contributed by atoms with van der Waals surface area (Å²) in [4.78, 5) is 11.0. The van der Waals surface area contributed by atoms with E-state index in [4.69, 9.17) is 0 Å². The first-order chi connectivity index (χ1) is 9.16. The van der Waals surface area contributed by atoms with Crippen LogP contribution in [0.4, 0.5) is 0 Å². The largest absolute Gasteiger partial charge is 0.303 e. The Morgan fingerprint density at radius 3 is 1.95 bits per heavy atom. The van der Waals surface area contributed by atoms with Gasteiger partial charge in [0.2, 0.25) is 0 Å². The summed E-state index contributed by atoms with van der Waals surface area (Å²) in [6, 6.07) is 17.0. The number of rotatable bonds is 5. The van der Waals surface area contributed by atoms with Gasteiger partial charge in [-0.1, -0.05) is 48.5 Å². The van der Waals surface area contributed by atoms with Gasteiger partial charge in [-0.05, 0) is 17.7 Å². The molecule has 0 fully saturated rings. The Labute approximate surface area is 112 Å². The molecule has 0 heterocycles. The van der Waals surface area contributed by atoms with Crippen molar-refractivity contribution in [3.8, 4) is 0 Å². The predicted molar refractivity (Wildman–Crippen MR) is 73.5 cm³/mol. The molecule has 98 valence electrons. The van der Waals surface area contributed by atoms with Crippen LogP contribution in [0.5, 0.6) is 0 Å². The van der Waals surface area contributed by atoms with Gasteiger partial charge in [-0.25, -0.2) is 8.42 Å². The van der Waals surface area contributed by atoms with E-state index >= 15 is 0 Å². The maximum Gasteiger partial charge on any atom is 0.185 e. The monoisotopic (exact) mass is 274 g/mol. The van der Waals surface area contributed by atoms with Gasteiger partial charge in [-0.3, -0.25) is 0 Å². The standard InChI is InChI=1S/C15H14O3S/c16-12-11-15(13-7-3-1-4-8-13)19(17,18)14-9-5-2-6-10-14/h1-10,12,15H,11H2. The molecule has 0 saturated carbocycles. The van der Waals surface area contributed by atoms with E-state index in [9.17, 15) is 13.2 Å². The van der Waals surface area contributed by atoms with Crippen LogP contribution in [-0.2, 0) is 14.6 Å². The van der Waals surface area contributed by atoms with Gasteiger partial charge in [-0.15, -0.1) is 0 Å². The molecule has 0 aromatic heterocycles. The van der Waals surface area contributed by atoms with Gasteiger partial charge in [0.15, 0.2) is 9.84 Å². The van der Waals surface area contributed by atoms with Crippen molar-refractivity contribution in [3.05, 3.63) is 66.2 Å². The van der Waals surface area contributed by atoms with Crippen LogP contribution < -0.4 is 0 Å². The molecule has 0 spiro atoms. The van der Waals surface area contributed by atoms with Crippen molar-refractivity contribution < 1.29 is 13.2 Å². The van der Waals surface area contributed by atoms with Gasteiger partial charge in [0.05, 0.1) is 10.1 Å². The first-order valence-corrected chi connectivity index (χ1v) is 7.48. The minimum Gasteiger partial charge on any atom is -0.303 e. The van der Waals surface area contributed by atoms with E-state index in [-0.39, 0.29) is 11.3 Å². The van der Waals surface area contributed by atoms with Crippen molar-refractivity contribution in [2.45, 2.75) is 16.6 Å². The van der Waals surface area contributed by atoms with Gasteiger partial charge in [-0.2, -0.15) is 0 Å². The molecule has 0 bridgehead atoms. The lowest BCUT2D eigenvalue weighted by atomic mass is 10.1. The fourth-order valence-corrected chi connectivity index (χ4v) is 3.68. The van der Waals surface area contributed by atoms with Crippen LogP contribution in [0.3, 0.4) is 0 Å². The van der Waals surface area contributed by atoms with Crippen LogP contribution in [0.15, 0.2) is 65.6 Å². The highest BCUT2D eigenvalue weighted by atomic mass is 32.2. The van der Waals surface area contributed by atoms with E-state index in [1.165, 1.54) is 0 Å². The zero-order chi connectivity index (χ0) is 13.7. The molecular formula is C15H14O3S. The Morgan fingerprint density at radius 2 is 1.42 bits per heavy atom. The smallest absolute Gasteiger partial charge is 0.185 e. The Hall–Kier alpha value is -1.94. The second-order valence-electron chi connectivity index (χ2n) is 4.16. The molecule has 0 aliphatic heterocycles. The third kappa shape index (κ3) is 2.90. The molecule has 2 rings (SSSR count). The number of carbonyl (C=O) groups is 1. The van der Waals surface area contributed by atoms with E-state index in [0.29, 0.717) is 11.8 Å². The van der Waals surface area contributed by atoms with Crippen LogP contribution in [0.2, 0.25) is 0 Å². The predicted octanol–water partition coefficient (Wildman–Crippen LogP) is 2.79. The molecule has 19 heavy (non-hydrogen) atoms. The number of benzene rings is 2. The summed E-state index contributed by atoms with van der Waals surface area (Å²) in [6.45, 7) is 0. The van der Waals surface area contributed by atoms with E-state index in [2.05, 4.69) is 0 Å². The quantitative estimate of drug-likeness (QED) is 0.788. The lowest BCUT2D eigenvalue weighted by molar-refractivity contribution is -0.107. The average Bonchev–Trinajstić information content (AvgIpc) is 2.46. The molecule has 2 aromatic carbocycles. The Balaban J connectivity index is 2.48. The summed E-state index contributed by atoms with van der Waals surface area (Å²) in [7, 11) is -3.55. The Morgan fingerprint density at radius 1 is 0.895 bits per heavy atom. The van der Waals surface area contributed by atoms with Gasteiger partial charge in [0, 0.05) is 6.42 Å². The summed E-state index contributed by atoms with van der Waals surface area (Å²) in [5.41, 5.74) is 0.637. The SMILES string of the molecule is O=CCC(c1ccccc1)S(=O)(=O)c1ccccc1. The molecule has 0 aliphatic rings. The lowest BCUT2D eigenvalue weighted by Gasteiger charge is -2.15. The fourth-order valence-electron chi connectivity index (χ4n) is 1.97. The number of hydrogen-bond donors (Lipinski definition) is 0.